The van der Waals surface area contributed by atoms with Gasteiger partial charge in [-0.1, -0.05) is 13.8 Å². The molecule has 2 aromatic rings. The smallest absolute Gasteiger partial charge is 0.251 e. The predicted molar refractivity (Wildman–Crippen MR) is 69.0 cm³/mol. The van der Waals surface area contributed by atoms with Crippen LogP contribution in [0.15, 0.2) is 23.3 Å². The Balaban J connectivity index is 2.33. The molecule has 2 aromatic heterocycles. The summed E-state index contributed by atoms with van der Waals surface area (Å²) < 4.78 is 1.82. The summed E-state index contributed by atoms with van der Waals surface area (Å²) in [6.45, 7) is 4.67. The zero-order valence-electron chi connectivity index (χ0n) is 10.8. The van der Waals surface area contributed by atoms with E-state index in [1.165, 1.54) is 6.07 Å². The van der Waals surface area contributed by atoms with Crippen molar-refractivity contribution in [2.75, 3.05) is 0 Å². The highest BCUT2D eigenvalue weighted by atomic mass is 16.1. The number of aromatic amines is 1. The molecule has 0 radical (unpaired) electrons. The lowest BCUT2D eigenvalue weighted by Crippen LogP contribution is -2.24. The molecule has 0 aliphatic carbocycles. The fourth-order valence-corrected chi connectivity index (χ4v) is 1.61. The van der Waals surface area contributed by atoms with E-state index in [0.29, 0.717) is 29.9 Å². The molecule has 0 aliphatic rings. The first-order valence-corrected chi connectivity index (χ1v) is 5.87. The van der Waals surface area contributed by atoms with Gasteiger partial charge in [-0.15, -0.1) is 0 Å². The maximum Gasteiger partial charge on any atom is 0.251 e. The second-order valence-electron chi connectivity index (χ2n) is 4.48. The fourth-order valence-electron chi connectivity index (χ4n) is 1.61. The zero-order valence-corrected chi connectivity index (χ0v) is 10.8. The Morgan fingerprint density at radius 1 is 1.50 bits per heavy atom. The Morgan fingerprint density at radius 3 is 2.89 bits per heavy atom. The quantitative estimate of drug-likeness (QED) is 0.832. The molecule has 0 saturated heterocycles. The van der Waals surface area contributed by atoms with E-state index in [0.717, 1.165) is 0 Å². The van der Waals surface area contributed by atoms with Crippen LogP contribution in [0.5, 0.6) is 0 Å². The predicted octanol–water partition coefficient (Wildman–Crippen LogP) is 0.668. The van der Waals surface area contributed by atoms with Crippen molar-refractivity contribution in [1.82, 2.24) is 24.8 Å². The largest absolute Gasteiger partial charge is 0.331 e. The highest BCUT2D eigenvalue weighted by Gasteiger charge is 2.08. The first kappa shape index (κ1) is 12.5. The van der Waals surface area contributed by atoms with Crippen LogP contribution in [0.2, 0.25) is 0 Å². The van der Waals surface area contributed by atoms with Crippen LogP contribution in [0.1, 0.15) is 19.5 Å². The maximum absolute atomic E-state index is 11.6. The van der Waals surface area contributed by atoms with Crippen LogP contribution in [0.25, 0.3) is 11.6 Å². The number of H-pyrrole nitrogens is 1. The number of hydrogen-bond acceptors (Lipinski definition) is 4. The minimum absolute atomic E-state index is 0.163. The van der Waals surface area contributed by atoms with Crippen molar-refractivity contribution in [3.8, 4) is 11.6 Å². The molecule has 6 heteroatoms. The van der Waals surface area contributed by atoms with E-state index in [2.05, 4.69) is 20.3 Å². The molecule has 6 nitrogen and oxygen atoms in total. The molecular formula is C12H17N5O. The number of hydrogen-bond donors (Lipinski definition) is 2. The Bertz CT molecular complexity index is 584. The highest BCUT2D eigenvalue weighted by Crippen LogP contribution is 2.09. The van der Waals surface area contributed by atoms with Gasteiger partial charge in [-0.05, 0) is 0 Å². The van der Waals surface area contributed by atoms with Gasteiger partial charge in [-0.3, -0.25) is 4.79 Å². The molecule has 18 heavy (non-hydrogen) atoms. The number of nitrogens with zero attached hydrogens (tertiary/aromatic N) is 3. The summed E-state index contributed by atoms with van der Waals surface area (Å²) in [6.07, 6.45) is 3.49. The van der Waals surface area contributed by atoms with Gasteiger partial charge in [0.25, 0.3) is 5.56 Å². The molecule has 2 rings (SSSR count). The van der Waals surface area contributed by atoms with Crippen LogP contribution in [0, 0.1) is 0 Å². The average Bonchev–Trinajstić information content (AvgIpc) is 2.72. The van der Waals surface area contributed by atoms with Crippen LogP contribution < -0.4 is 10.9 Å². The van der Waals surface area contributed by atoms with E-state index in [1.54, 1.807) is 6.20 Å². The van der Waals surface area contributed by atoms with Gasteiger partial charge in [-0.25, -0.2) is 9.97 Å². The van der Waals surface area contributed by atoms with Crippen molar-refractivity contribution < 1.29 is 0 Å². The first-order chi connectivity index (χ1) is 8.56. The number of nitrogens with one attached hydrogen (secondary N) is 2. The molecule has 0 atom stereocenters. The van der Waals surface area contributed by atoms with E-state index >= 15 is 0 Å². The Hall–Kier alpha value is -1.95. The maximum atomic E-state index is 11.6. The molecule has 2 N–H and O–H groups in total. The van der Waals surface area contributed by atoms with E-state index in [1.807, 2.05) is 31.7 Å². The fraction of sp³-hybridized carbons (Fsp3) is 0.417. The lowest BCUT2D eigenvalue weighted by atomic mass is 10.3. The summed E-state index contributed by atoms with van der Waals surface area (Å²) in [6, 6.07) is 1.85. The number of rotatable bonds is 4. The van der Waals surface area contributed by atoms with Gasteiger partial charge in [0, 0.05) is 38.1 Å². The van der Waals surface area contributed by atoms with Gasteiger partial charge in [-0.2, -0.15) is 0 Å². The van der Waals surface area contributed by atoms with Gasteiger partial charge in [0.1, 0.15) is 0 Å². The monoisotopic (exact) mass is 247 g/mol. The standard InChI is InChI=1S/C12H17N5O/c1-8(2)14-7-9-6-10(18)16-11(15-9)12-13-4-5-17(12)3/h4-6,8,14H,7H2,1-3H3,(H,15,16,18). The average molecular weight is 247 g/mol. The summed E-state index contributed by atoms with van der Waals surface area (Å²) in [5, 5.41) is 3.23. The first-order valence-electron chi connectivity index (χ1n) is 5.87. The third kappa shape index (κ3) is 2.84. The van der Waals surface area contributed by atoms with Gasteiger partial charge >= 0.3 is 0 Å². The highest BCUT2D eigenvalue weighted by molar-refractivity contribution is 5.43. The van der Waals surface area contributed by atoms with Crippen molar-refractivity contribution >= 4 is 0 Å². The van der Waals surface area contributed by atoms with E-state index < -0.39 is 0 Å². The summed E-state index contributed by atoms with van der Waals surface area (Å²) in [5.41, 5.74) is 0.550. The topological polar surface area (TPSA) is 75.6 Å². The molecular weight excluding hydrogens is 230 g/mol. The second-order valence-corrected chi connectivity index (χ2v) is 4.48. The molecule has 0 aliphatic heterocycles. The van der Waals surface area contributed by atoms with Gasteiger partial charge in [0.15, 0.2) is 11.6 Å². The molecule has 96 valence electrons. The van der Waals surface area contributed by atoms with Crippen molar-refractivity contribution in [1.29, 1.82) is 0 Å². The van der Waals surface area contributed by atoms with Crippen molar-refractivity contribution in [2.45, 2.75) is 26.4 Å². The molecule has 0 spiro atoms. The molecule has 0 amide bonds. The normalized spacial score (nSPS) is 11.1. The minimum atomic E-state index is -0.163. The Labute approximate surface area is 105 Å². The third-order valence-electron chi connectivity index (χ3n) is 2.52. The van der Waals surface area contributed by atoms with Crippen LogP contribution in [-0.4, -0.2) is 25.6 Å². The SMILES string of the molecule is CC(C)NCc1cc(=O)[nH]c(-c2nccn2C)n1. The lowest BCUT2D eigenvalue weighted by Gasteiger charge is -2.08. The van der Waals surface area contributed by atoms with Crippen LogP contribution in [-0.2, 0) is 13.6 Å². The zero-order chi connectivity index (χ0) is 13.1. The Morgan fingerprint density at radius 2 is 2.28 bits per heavy atom. The van der Waals surface area contributed by atoms with Crippen molar-refractivity contribution in [3.05, 3.63) is 34.5 Å². The minimum Gasteiger partial charge on any atom is -0.331 e. The van der Waals surface area contributed by atoms with Crippen molar-refractivity contribution in [2.24, 2.45) is 7.05 Å². The number of aryl methyl sites for hydroxylation is 1. The van der Waals surface area contributed by atoms with E-state index in [-0.39, 0.29) is 5.56 Å². The third-order valence-corrected chi connectivity index (χ3v) is 2.52. The van der Waals surface area contributed by atoms with E-state index in [4.69, 9.17) is 0 Å². The van der Waals surface area contributed by atoms with Gasteiger partial charge < -0.3 is 14.9 Å². The molecule has 0 fully saturated rings. The second kappa shape index (κ2) is 5.14. The summed E-state index contributed by atoms with van der Waals surface area (Å²) in [7, 11) is 1.86. The molecule has 0 unspecified atom stereocenters. The molecule has 0 bridgehead atoms. The van der Waals surface area contributed by atoms with Gasteiger partial charge in [0.05, 0.1) is 5.69 Å². The molecule has 2 heterocycles. The number of imidazole rings is 1. The van der Waals surface area contributed by atoms with Gasteiger partial charge in [0.2, 0.25) is 0 Å². The Kier molecular flexibility index (Phi) is 3.57. The van der Waals surface area contributed by atoms with Crippen LogP contribution >= 0.6 is 0 Å². The number of aromatic nitrogens is 4. The lowest BCUT2D eigenvalue weighted by molar-refractivity contribution is 0.580. The molecule has 0 saturated carbocycles. The summed E-state index contributed by atoms with van der Waals surface area (Å²) in [4.78, 5) is 22.9. The van der Waals surface area contributed by atoms with Crippen LogP contribution in [0.4, 0.5) is 0 Å². The molecule has 0 aromatic carbocycles. The van der Waals surface area contributed by atoms with E-state index in [9.17, 15) is 4.79 Å². The van der Waals surface area contributed by atoms with Crippen LogP contribution in [0.3, 0.4) is 0 Å². The van der Waals surface area contributed by atoms with Crippen molar-refractivity contribution in [3.63, 3.8) is 0 Å². The summed E-state index contributed by atoms with van der Waals surface area (Å²) in [5.74, 6) is 1.15. The summed E-state index contributed by atoms with van der Waals surface area (Å²) >= 11 is 0.